The van der Waals surface area contributed by atoms with Crippen molar-refractivity contribution in [1.82, 2.24) is 0 Å². The van der Waals surface area contributed by atoms with E-state index >= 15 is 0 Å². The van der Waals surface area contributed by atoms with Crippen LogP contribution in [0.15, 0.2) is 182 Å². The van der Waals surface area contributed by atoms with Crippen LogP contribution < -0.4 is 0 Å². The number of rotatable bonds is 21. The summed E-state index contributed by atoms with van der Waals surface area (Å²) in [6.07, 6.45) is 0. The topological polar surface area (TPSA) is 0 Å². The Morgan fingerprint density at radius 2 is 0.349 bits per heavy atom. The molecule has 3 unspecified atom stereocenters. The average molecular weight is 1230 g/mol. The number of benzene rings is 9. The minimum Gasteiger partial charge on any atom is -0.203 e. The van der Waals surface area contributed by atoms with E-state index in [0.717, 1.165) is 20.8 Å². The molecule has 0 saturated carbocycles. The largest absolute Gasteiger partial charge is 0.265 e. The fraction of sp³-hybridized carbons (Fsp3) is 0.217. The molecule has 0 N–H and O–H groups in total. The van der Waals surface area contributed by atoms with E-state index in [1.807, 2.05) is 0 Å². The lowest BCUT2D eigenvalue weighted by Crippen LogP contribution is -2.24. The van der Waals surface area contributed by atoms with Crippen molar-refractivity contribution in [3.63, 3.8) is 0 Å². The predicted octanol–water partition coefficient (Wildman–Crippen LogP) is 21.0. The lowest BCUT2D eigenvalue weighted by molar-refractivity contribution is 0.365. The third-order valence-corrected chi connectivity index (χ3v) is 23.7. The van der Waals surface area contributed by atoms with Gasteiger partial charge in [0.2, 0.25) is 17.5 Å². The quantitative estimate of drug-likeness (QED) is 0.0291. The molecule has 3 atom stereocenters. The Balaban J connectivity index is 0.000000223. The maximum Gasteiger partial charge on any atom is 0.265 e. The van der Waals surface area contributed by atoms with E-state index in [-0.39, 0.29) is 0 Å². The molecular weight excluding hydrogens is 1170 g/mol. The summed E-state index contributed by atoms with van der Waals surface area (Å²) in [4.78, 5) is 0. The molecule has 9 rings (SSSR count). The summed E-state index contributed by atoms with van der Waals surface area (Å²) in [7, 11) is 0. The van der Waals surface area contributed by atoms with Crippen molar-refractivity contribution in [1.29, 1.82) is 0 Å². The Morgan fingerprint density at radius 3 is 0.512 bits per heavy atom. The van der Waals surface area contributed by atoms with E-state index in [2.05, 4.69) is 182 Å². The molecule has 0 saturated heterocycles. The maximum absolute atomic E-state index is 14.5. The number of halogens is 15. The van der Waals surface area contributed by atoms with Gasteiger partial charge in [0.05, 0.1) is 0 Å². The van der Waals surface area contributed by atoms with Crippen LogP contribution in [-0.4, -0.2) is 28.3 Å². The Bertz CT molecular complexity index is 3100. The molecule has 0 aliphatic rings. The van der Waals surface area contributed by atoms with E-state index in [0.29, 0.717) is 17.8 Å². The second kappa shape index (κ2) is 29.6. The monoisotopic (exact) mass is 1220 g/mol. The second-order valence-corrected chi connectivity index (χ2v) is 28.2. The zero-order chi connectivity index (χ0) is 61.9. The molecular formula is C69H57Al2F15. The highest BCUT2D eigenvalue weighted by Crippen LogP contribution is 2.43. The molecule has 0 nitrogen and oxygen atoms in total. The normalized spacial score (nSPS) is 12.5. The van der Waals surface area contributed by atoms with Crippen LogP contribution in [0.5, 0.6) is 0 Å². The number of hydrogen-bond acceptors (Lipinski definition) is 0. The third-order valence-electron chi connectivity index (χ3n) is 16.2. The lowest BCUT2D eigenvalue weighted by Gasteiger charge is -2.29. The summed E-state index contributed by atoms with van der Waals surface area (Å²) in [6.45, 7) is 2.93. The molecule has 9 aromatic carbocycles. The molecule has 444 valence electrons. The van der Waals surface area contributed by atoms with Gasteiger partial charge in [0.1, 0.15) is 0 Å². The van der Waals surface area contributed by atoms with Crippen LogP contribution in [0.2, 0.25) is 31.7 Å². The zero-order valence-corrected chi connectivity index (χ0v) is 49.2. The average Bonchev–Trinajstić information content (AvgIpc) is 2.76. The summed E-state index contributed by atoms with van der Waals surface area (Å²) in [5, 5.41) is 1.95. The van der Waals surface area contributed by atoms with Gasteiger partial charge in [-0.2, -0.15) is 0 Å². The highest BCUT2D eigenvalue weighted by Gasteiger charge is 2.38. The van der Waals surface area contributed by atoms with Gasteiger partial charge in [-0.15, -0.1) is 0 Å². The van der Waals surface area contributed by atoms with Crippen molar-refractivity contribution in [2.75, 3.05) is 0 Å². The van der Waals surface area contributed by atoms with Gasteiger partial charge in [-0.25, -0.2) is 65.9 Å². The molecule has 17 heteroatoms. The van der Waals surface area contributed by atoms with Crippen LogP contribution in [0, 0.1) is 87.3 Å². The first-order chi connectivity index (χ1) is 41.2. The van der Waals surface area contributed by atoms with Crippen molar-refractivity contribution in [3.8, 4) is 0 Å². The van der Waals surface area contributed by atoms with Crippen LogP contribution >= 0.6 is 0 Å². The van der Waals surface area contributed by atoms with Crippen LogP contribution in [0.1, 0.15) is 106 Å². The summed E-state index contributed by atoms with van der Waals surface area (Å²) >= 11 is -4.61. The van der Waals surface area contributed by atoms with Crippen molar-refractivity contribution in [3.05, 3.63) is 319 Å². The zero-order valence-electron chi connectivity index (χ0n) is 46.9. The summed E-state index contributed by atoms with van der Waals surface area (Å²) < 4.78 is 211. The van der Waals surface area contributed by atoms with Gasteiger partial charge in [0.25, 0.3) is 28.3 Å². The molecule has 9 aromatic rings. The predicted molar refractivity (Wildman–Crippen MR) is 308 cm³/mol. The first kappa shape index (κ1) is 65.0. The minimum absolute atomic E-state index is 0.387. The van der Waals surface area contributed by atoms with Gasteiger partial charge >= 0.3 is 0 Å². The number of hydrogen-bond donors (Lipinski definition) is 0. The van der Waals surface area contributed by atoms with E-state index in [4.69, 9.17) is 0 Å². The van der Waals surface area contributed by atoms with Crippen LogP contribution in [0.25, 0.3) is 0 Å². The van der Waals surface area contributed by atoms with Crippen molar-refractivity contribution in [2.45, 2.75) is 88.0 Å². The van der Waals surface area contributed by atoms with Crippen LogP contribution in [-0.2, 0) is 0 Å². The molecule has 0 aromatic heterocycles. The van der Waals surface area contributed by atoms with Gasteiger partial charge in [-0.05, 0) is 68.9 Å². The van der Waals surface area contributed by atoms with E-state index in [1.165, 1.54) is 49.2 Å². The van der Waals surface area contributed by atoms with Gasteiger partial charge < -0.3 is 0 Å². The van der Waals surface area contributed by atoms with Crippen molar-refractivity contribution in [2.24, 2.45) is 0 Å². The van der Waals surface area contributed by atoms with Crippen LogP contribution in [0.4, 0.5) is 65.9 Å². The molecule has 0 amide bonds. The van der Waals surface area contributed by atoms with Gasteiger partial charge in [-0.1, -0.05) is 234 Å². The highest BCUT2D eigenvalue weighted by atomic mass is 27.2. The van der Waals surface area contributed by atoms with Gasteiger partial charge in [-0.3, -0.25) is 0 Å². The van der Waals surface area contributed by atoms with E-state index < -0.39 is 166 Å². The summed E-state index contributed by atoms with van der Waals surface area (Å²) in [6, 6.07) is 67.3. The Morgan fingerprint density at radius 1 is 0.209 bits per heavy atom. The third kappa shape index (κ3) is 14.9. The summed E-state index contributed by atoms with van der Waals surface area (Å²) in [5.74, 6) is -38.2. The van der Waals surface area contributed by atoms with Gasteiger partial charge in [0, 0.05) is 16.7 Å². The molecule has 86 heavy (non-hydrogen) atoms. The molecule has 0 spiro atoms. The Kier molecular flexibility index (Phi) is 22.4. The van der Waals surface area contributed by atoms with E-state index in [1.54, 1.807) is 0 Å². The molecule has 0 aliphatic heterocycles. The highest BCUT2D eigenvalue weighted by molar-refractivity contribution is 6.60. The molecule has 0 aliphatic carbocycles. The fourth-order valence-corrected chi connectivity index (χ4v) is 20.6. The first-order valence-corrected chi connectivity index (χ1v) is 32.9. The second-order valence-electron chi connectivity index (χ2n) is 21.9. The minimum atomic E-state index is -3.19. The maximum atomic E-state index is 14.5. The first-order valence-electron chi connectivity index (χ1n) is 28.0. The Labute approximate surface area is 498 Å². The summed E-state index contributed by atoms with van der Waals surface area (Å²) in [5.41, 5.74) is 4.62. The Hall–Kier alpha value is -7.01. The molecule has 0 radical (unpaired) electrons. The van der Waals surface area contributed by atoms with Gasteiger partial charge in [0.15, 0.2) is 69.8 Å². The molecule has 0 fully saturated rings. The standard InChI is InChI=1S/3C14H13.3C9H6F5.2Al/c3*1-12(13-8-4-2-5-9-13)14-10-6-3-7-11-14;3*1-3(2)4-5(10)7(12)9(14)8(13)6(4)11;;/h3*2-12H,1H2;3*3H,1H2,2H3;;. The van der Waals surface area contributed by atoms with E-state index in [9.17, 15) is 65.9 Å². The lowest BCUT2D eigenvalue weighted by atomic mass is 9.92. The molecule has 0 bridgehead atoms. The van der Waals surface area contributed by atoms with Crippen molar-refractivity contribution < 1.29 is 65.9 Å². The van der Waals surface area contributed by atoms with Crippen LogP contribution in [0.3, 0.4) is 0 Å². The molecule has 0 heterocycles. The smallest absolute Gasteiger partial charge is 0.203 e. The fourth-order valence-electron chi connectivity index (χ4n) is 12.1. The SMILES string of the molecule is CC([CH2][Al]([CH2]C(C)c1c(F)c(F)c(F)c(F)c1F)[CH2]C(C)c1c(F)c(F)c(F)c(F)c1F)c1c(F)c(F)c(F)c(F)c1F.c1ccc(C([CH2][Al]([CH2]C(c2ccccc2)c2ccccc2)[CH2]C(c2ccccc2)c2ccccc2)c2ccccc2)cc1. The van der Waals surface area contributed by atoms with Crippen molar-refractivity contribution >= 4 is 28.3 Å².